The van der Waals surface area contributed by atoms with Crippen molar-refractivity contribution in [3.63, 3.8) is 0 Å². The zero-order chi connectivity index (χ0) is 14.9. The van der Waals surface area contributed by atoms with Gasteiger partial charge in [0.25, 0.3) is 0 Å². The highest BCUT2D eigenvalue weighted by atomic mass is 19.4. The fourth-order valence-electron chi connectivity index (χ4n) is 2.42. The van der Waals surface area contributed by atoms with Crippen LogP contribution in [0.15, 0.2) is 6.07 Å². The van der Waals surface area contributed by atoms with Gasteiger partial charge in [0.1, 0.15) is 0 Å². The second-order valence-electron chi connectivity index (χ2n) is 5.28. The van der Waals surface area contributed by atoms with E-state index in [1.54, 1.807) is 18.7 Å². The average molecular weight is 289 g/mol. The summed E-state index contributed by atoms with van der Waals surface area (Å²) in [4.78, 5) is 13.9. The molecule has 0 unspecified atom stereocenters. The SMILES string of the molecule is Cc1cc(C(F)(F)F)nn1C[C@H](C)C(=O)N1CCCC1. The van der Waals surface area contributed by atoms with Gasteiger partial charge >= 0.3 is 6.18 Å². The third-order valence-corrected chi connectivity index (χ3v) is 3.56. The zero-order valence-electron chi connectivity index (χ0n) is 11.6. The van der Waals surface area contributed by atoms with Gasteiger partial charge in [0.15, 0.2) is 5.69 Å². The van der Waals surface area contributed by atoms with E-state index in [4.69, 9.17) is 0 Å². The first-order chi connectivity index (χ1) is 9.29. The van der Waals surface area contributed by atoms with E-state index in [1.807, 2.05) is 0 Å². The zero-order valence-corrected chi connectivity index (χ0v) is 11.6. The van der Waals surface area contributed by atoms with Crippen LogP contribution in [0.5, 0.6) is 0 Å². The summed E-state index contributed by atoms with van der Waals surface area (Å²) in [7, 11) is 0. The van der Waals surface area contributed by atoms with Crippen molar-refractivity contribution in [1.29, 1.82) is 0 Å². The fourth-order valence-corrected chi connectivity index (χ4v) is 2.42. The second kappa shape index (κ2) is 5.46. The molecular formula is C13H18F3N3O. The lowest BCUT2D eigenvalue weighted by Crippen LogP contribution is -2.34. The van der Waals surface area contributed by atoms with Crippen molar-refractivity contribution in [2.75, 3.05) is 13.1 Å². The maximum absolute atomic E-state index is 12.6. The lowest BCUT2D eigenvalue weighted by molar-refractivity contribution is -0.141. The third-order valence-electron chi connectivity index (χ3n) is 3.56. The Labute approximate surface area is 115 Å². The summed E-state index contributed by atoms with van der Waals surface area (Å²) in [6, 6.07) is 1.01. The minimum Gasteiger partial charge on any atom is -0.342 e. The molecule has 1 atom stereocenters. The lowest BCUT2D eigenvalue weighted by Gasteiger charge is -2.20. The Bertz CT molecular complexity index is 490. The highest BCUT2D eigenvalue weighted by Gasteiger charge is 2.34. The number of nitrogens with zero attached hydrogens (tertiary/aromatic N) is 3. The molecular weight excluding hydrogens is 271 g/mol. The van der Waals surface area contributed by atoms with Gasteiger partial charge in [0, 0.05) is 18.8 Å². The van der Waals surface area contributed by atoms with Crippen LogP contribution in [-0.2, 0) is 17.5 Å². The Morgan fingerprint density at radius 2 is 2.00 bits per heavy atom. The predicted molar refractivity (Wildman–Crippen MR) is 66.9 cm³/mol. The molecule has 0 radical (unpaired) electrons. The van der Waals surface area contributed by atoms with E-state index in [0.29, 0.717) is 5.69 Å². The van der Waals surface area contributed by atoms with Gasteiger partial charge in [-0.3, -0.25) is 9.48 Å². The van der Waals surface area contributed by atoms with Gasteiger partial charge in [-0.2, -0.15) is 18.3 Å². The molecule has 1 fully saturated rings. The molecule has 0 aromatic carbocycles. The number of hydrogen-bond acceptors (Lipinski definition) is 2. The van der Waals surface area contributed by atoms with Crippen LogP contribution in [0.25, 0.3) is 0 Å². The van der Waals surface area contributed by atoms with Crippen LogP contribution in [0, 0.1) is 12.8 Å². The van der Waals surface area contributed by atoms with Crippen LogP contribution < -0.4 is 0 Å². The maximum Gasteiger partial charge on any atom is 0.435 e. The molecule has 4 nitrogen and oxygen atoms in total. The van der Waals surface area contributed by atoms with Crippen LogP contribution in [-0.4, -0.2) is 33.7 Å². The summed E-state index contributed by atoms with van der Waals surface area (Å²) in [5, 5.41) is 3.55. The van der Waals surface area contributed by atoms with E-state index in [-0.39, 0.29) is 18.4 Å². The number of aryl methyl sites for hydroxylation is 1. The van der Waals surface area contributed by atoms with Crippen molar-refractivity contribution in [3.8, 4) is 0 Å². The number of carbonyl (C=O) groups excluding carboxylic acids is 1. The van der Waals surface area contributed by atoms with Crippen LogP contribution in [0.3, 0.4) is 0 Å². The van der Waals surface area contributed by atoms with Crippen LogP contribution in [0.2, 0.25) is 0 Å². The third kappa shape index (κ3) is 3.13. The topological polar surface area (TPSA) is 38.1 Å². The molecule has 0 spiro atoms. The van der Waals surface area contributed by atoms with Gasteiger partial charge in [0.05, 0.1) is 12.5 Å². The lowest BCUT2D eigenvalue weighted by atomic mass is 10.1. The van der Waals surface area contributed by atoms with E-state index >= 15 is 0 Å². The summed E-state index contributed by atoms with van der Waals surface area (Å²) in [6.45, 7) is 4.96. The van der Waals surface area contributed by atoms with Gasteiger partial charge in [-0.05, 0) is 25.8 Å². The average Bonchev–Trinajstić information content (AvgIpc) is 2.98. The van der Waals surface area contributed by atoms with Gasteiger partial charge in [-0.25, -0.2) is 0 Å². The molecule has 20 heavy (non-hydrogen) atoms. The Balaban J connectivity index is 2.05. The van der Waals surface area contributed by atoms with Gasteiger partial charge in [-0.15, -0.1) is 0 Å². The molecule has 1 amide bonds. The number of aromatic nitrogens is 2. The monoisotopic (exact) mass is 289 g/mol. The minimum absolute atomic E-state index is 0.00837. The summed E-state index contributed by atoms with van der Waals surface area (Å²) < 4.78 is 39.0. The quantitative estimate of drug-likeness (QED) is 0.857. The molecule has 1 aromatic rings. The van der Waals surface area contributed by atoms with Crippen molar-refractivity contribution in [1.82, 2.24) is 14.7 Å². The predicted octanol–water partition coefficient (Wildman–Crippen LogP) is 2.47. The fraction of sp³-hybridized carbons (Fsp3) is 0.692. The molecule has 112 valence electrons. The smallest absolute Gasteiger partial charge is 0.342 e. The highest BCUT2D eigenvalue weighted by molar-refractivity contribution is 5.78. The number of carbonyl (C=O) groups is 1. The standard InChI is InChI=1S/C13H18F3N3O/c1-9(12(20)18-5-3-4-6-18)8-19-10(2)7-11(17-19)13(14,15)16/h7,9H,3-6,8H2,1-2H3/t9-/m0/s1. The summed E-state index contributed by atoms with van der Waals surface area (Å²) in [6.07, 6.45) is -2.45. The summed E-state index contributed by atoms with van der Waals surface area (Å²) >= 11 is 0. The molecule has 0 saturated carbocycles. The van der Waals surface area contributed by atoms with Gasteiger partial charge in [0.2, 0.25) is 5.91 Å². The Morgan fingerprint density at radius 1 is 1.40 bits per heavy atom. The van der Waals surface area contributed by atoms with Crippen LogP contribution in [0.1, 0.15) is 31.2 Å². The van der Waals surface area contributed by atoms with E-state index in [9.17, 15) is 18.0 Å². The molecule has 1 aromatic heterocycles. The van der Waals surface area contributed by atoms with Crippen molar-refractivity contribution >= 4 is 5.91 Å². The van der Waals surface area contributed by atoms with Crippen LogP contribution >= 0.6 is 0 Å². The Morgan fingerprint density at radius 3 is 2.50 bits per heavy atom. The molecule has 1 aliphatic rings. The molecule has 1 saturated heterocycles. The number of likely N-dealkylation sites (tertiary alicyclic amines) is 1. The molecule has 1 aliphatic heterocycles. The number of halogens is 3. The molecule has 7 heteroatoms. The molecule has 2 heterocycles. The first kappa shape index (κ1) is 14.9. The van der Waals surface area contributed by atoms with E-state index in [0.717, 1.165) is 32.0 Å². The first-order valence-electron chi connectivity index (χ1n) is 6.69. The van der Waals surface area contributed by atoms with Crippen molar-refractivity contribution in [2.45, 2.75) is 39.4 Å². The summed E-state index contributed by atoms with van der Waals surface area (Å²) in [5.41, 5.74) is -0.491. The van der Waals surface area contributed by atoms with Crippen LogP contribution in [0.4, 0.5) is 13.2 Å². The second-order valence-corrected chi connectivity index (χ2v) is 5.28. The molecule has 0 aliphatic carbocycles. The Hall–Kier alpha value is -1.53. The maximum atomic E-state index is 12.6. The first-order valence-corrected chi connectivity index (χ1v) is 6.69. The Kier molecular flexibility index (Phi) is 4.06. The number of hydrogen-bond donors (Lipinski definition) is 0. The molecule has 0 bridgehead atoms. The van der Waals surface area contributed by atoms with Crippen molar-refractivity contribution in [3.05, 3.63) is 17.5 Å². The van der Waals surface area contributed by atoms with Gasteiger partial charge < -0.3 is 4.90 Å². The van der Waals surface area contributed by atoms with Crippen molar-refractivity contribution < 1.29 is 18.0 Å². The molecule has 0 N–H and O–H groups in total. The van der Waals surface area contributed by atoms with E-state index < -0.39 is 11.9 Å². The number of amides is 1. The highest BCUT2D eigenvalue weighted by Crippen LogP contribution is 2.28. The number of alkyl halides is 3. The largest absolute Gasteiger partial charge is 0.435 e. The minimum atomic E-state index is -4.45. The van der Waals surface area contributed by atoms with E-state index in [2.05, 4.69) is 5.10 Å². The van der Waals surface area contributed by atoms with Gasteiger partial charge in [-0.1, -0.05) is 6.92 Å². The van der Waals surface area contributed by atoms with E-state index in [1.165, 1.54) is 4.68 Å². The number of rotatable bonds is 3. The normalized spacial score (nSPS) is 17.6. The van der Waals surface area contributed by atoms with Crippen molar-refractivity contribution in [2.24, 2.45) is 5.92 Å². The summed E-state index contributed by atoms with van der Waals surface area (Å²) in [5.74, 6) is -0.376. The molecule has 2 rings (SSSR count).